The number of carboxylic acids is 1. The van der Waals surface area contributed by atoms with Gasteiger partial charge in [-0.25, -0.2) is 12.7 Å². The maximum absolute atomic E-state index is 13.8. The Hall–Kier alpha value is -4.42. The van der Waals surface area contributed by atoms with E-state index >= 15 is 0 Å². The third kappa shape index (κ3) is 8.11. The molecule has 0 fully saturated rings. The van der Waals surface area contributed by atoms with E-state index in [1.54, 1.807) is 48.7 Å². The van der Waals surface area contributed by atoms with Crippen molar-refractivity contribution in [3.8, 4) is 5.75 Å². The fourth-order valence-corrected chi connectivity index (χ4v) is 6.30. The number of sulfonamides is 1. The number of aromatic nitrogens is 1. The normalized spacial score (nSPS) is 13.1. The van der Waals surface area contributed by atoms with Crippen LogP contribution in [0.15, 0.2) is 108 Å². The molecule has 1 heterocycles. The summed E-state index contributed by atoms with van der Waals surface area (Å²) in [5, 5.41) is 9.66. The first-order chi connectivity index (χ1) is 20.3. The van der Waals surface area contributed by atoms with Gasteiger partial charge in [-0.15, -0.1) is 13.2 Å². The molecule has 4 aromatic rings. The molecule has 1 aromatic heterocycles. The first-order valence-electron chi connectivity index (χ1n) is 12.7. The van der Waals surface area contributed by atoms with Crippen molar-refractivity contribution in [3.05, 3.63) is 120 Å². The smallest absolute Gasteiger partial charge is 0.481 e. The Labute approximate surface area is 250 Å². The van der Waals surface area contributed by atoms with Crippen LogP contribution in [0.4, 0.5) is 18.9 Å². The first-order valence-corrected chi connectivity index (χ1v) is 14.6. The van der Waals surface area contributed by atoms with Gasteiger partial charge in [0.1, 0.15) is 11.3 Å². The number of alkyl halides is 4. The number of ketones is 1. The molecule has 43 heavy (non-hydrogen) atoms. The third-order valence-electron chi connectivity index (χ3n) is 6.32. The van der Waals surface area contributed by atoms with Gasteiger partial charge in [0, 0.05) is 24.4 Å². The molecule has 2 unspecified atom stereocenters. The molecule has 0 aliphatic heterocycles. The highest BCUT2D eigenvalue weighted by atomic mass is 35.5. The van der Waals surface area contributed by atoms with E-state index in [9.17, 15) is 36.3 Å². The molecule has 0 bridgehead atoms. The number of benzene rings is 3. The number of hydrogen-bond donors (Lipinski definition) is 1. The van der Waals surface area contributed by atoms with E-state index in [2.05, 4.69) is 9.72 Å². The monoisotopic (exact) mass is 632 g/mol. The average Bonchev–Trinajstić information content (AvgIpc) is 2.97. The minimum absolute atomic E-state index is 0.0566. The van der Waals surface area contributed by atoms with Gasteiger partial charge < -0.3 is 9.84 Å². The highest BCUT2D eigenvalue weighted by Crippen LogP contribution is 2.37. The summed E-state index contributed by atoms with van der Waals surface area (Å²) in [6.45, 7) is 0. The van der Waals surface area contributed by atoms with Crippen LogP contribution in [0.2, 0.25) is 0 Å². The van der Waals surface area contributed by atoms with Crippen molar-refractivity contribution in [2.24, 2.45) is 5.92 Å². The zero-order chi connectivity index (χ0) is 31.2. The lowest BCUT2D eigenvalue weighted by Crippen LogP contribution is -2.32. The number of pyridine rings is 1. The predicted molar refractivity (Wildman–Crippen MR) is 152 cm³/mol. The quantitative estimate of drug-likeness (QED) is 0.106. The van der Waals surface area contributed by atoms with Crippen LogP contribution in [0.5, 0.6) is 5.75 Å². The lowest BCUT2D eigenvalue weighted by Gasteiger charge is -2.29. The van der Waals surface area contributed by atoms with E-state index in [1.165, 1.54) is 30.5 Å². The number of carbonyl (C=O) groups is 2. The van der Waals surface area contributed by atoms with Crippen molar-refractivity contribution in [1.82, 2.24) is 4.98 Å². The molecular weight excluding hydrogens is 609 g/mol. The summed E-state index contributed by atoms with van der Waals surface area (Å²) < 4.78 is 70.1. The number of carbonyl (C=O) groups excluding carboxylic acids is 1. The molecule has 3 aromatic carbocycles. The van der Waals surface area contributed by atoms with E-state index in [-0.39, 0.29) is 29.0 Å². The van der Waals surface area contributed by atoms with E-state index in [4.69, 9.17) is 11.6 Å². The summed E-state index contributed by atoms with van der Waals surface area (Å²) in [5.74, 6) is -3.23. The lowest BCUT2D eigenvalue weighted by atomic mass is 9.93. The van der Waals surface area contributed by atoms with Gasteiger partial charge in [0.15, 0.2) is 5.78 Å². The molecule has 0 spiro atoms. The van der Waals surface area contributed by atoms with Crippen molar-refractivity contribution in [2.75, 3.05) is 4.31 Å². The van der Waals surface area contributed by atoms with Crippen LogP contribution in [0.1, 0.15) is 33.4 Å². The summed E-state index contributed by atoms with van der Waals surface area (Å²) in [6.07, 6.45) is -2.09. The van der Waals surface area contributed by atoms with Crippen LogP contribution in [-0.2, 0) is 21.2 Å². The summed E-state index contributed by atoms with van der Waals surface area (Å²) >= 11 is 6.68. The Bertz CT molecular complexity index is 1650. The predicted octanol–water partition coefficient (Wildman–Crippen LogP) is 6.63. The van der Waals surface area contributed by atoms with E-state index in [0.29, 0.717) is 11.1 Å². The second-order valence-electron chi connectivity index (χ2n) is 9.34. The van der Waals surface area contributed by atoms with Crippen molar-refractivity contribution < 1.29 is 41.0 Å². The summed E-state index contributed by atoms with van der Waals surface area (Å²) in [5.41, 5.74) is -0.00972. The van der Waals surface area contributed by atoms with Crippen LogP contribution < -0.4 is 9.04 Å². The van der Waals surface area contributed by atoms with Gasteiger partial charge in [-0.1, -0.05) is 48.0 Å². The number of ether oxygens (including phenoxy) is 1. The van der Waals surface area contributed by atoms with Crippen molar-refractivity contribution in [1.29, 1.82) is 0 Å². The summed E-state index contributed by atoms with van der Waals surface area (Å²) in [4.78, 5) is 28.4. The number of anilines is 1. The molecule has 0 saturated carbocycles. The molecule has 13 heteroatoms. The van der Waals surface area contributed by atoms with Gasteiger partial charge >= 0.3 is 12.3 Å². The van der Waals surface area contributed by atoms with Gasteiger partial charge in [-0.2, -0.15) is 0 Å². The van der Waals surface area contributed by atoms with E-state index in [0.717, 1.165) is 28.6 Å². The Kier molecular flexibility index (Phi) is 9.72. The number of rotatable bonds is 12. The number of carboxylic acid groups (broad SMARTS) is 1. The molecule has 0 radical (unpaired) electrons. The SMILES string of the molecule is O=C(CC(Cc1cccnc1)C(=O)O)c1ccc(N(C(Cl)c2ccccc2)S(=O)(=O)c2ccc(OC(F)(F)F)cc2)cc1. The fourth-order valence-electron chi connectivity index (χ4n) is 4.25. The van der Waals surface area contributed by atoms with Crippen molar-refractivity contribution in [2.45, 2.75) is 29.6 Å². The first kappa shape index (κ1) is 31.5. The zero-order valence-electron chi connectivity index (χ0n) is 22.2. The maximum atomic E-state index is 13.8. The summed E-state index contributed by atoms with van der Waals surface area (Å²) in [6, 6.07) is 20.7. The van der Waals surface area contributed by atoms with Crippen LogP contribution in [-0.4, -0.2) is 36.6 Å². The molecule has 8 nitrogen and oxygen atoms in total. The van der Waals surface area contributed by atoms with Crippen molar-refractivity contribution in [3.63, 3.8) is 0 Å². The number of halogens is 4. The van der Waals surface area contributed by atoms with Crippen LogP contribution in [0, 0.1) is 5.92 Å². The van der Waals surface area contributed by atoms with Crippen LogP contribution in [0.25, 0.3) is 0 Å². The molecule has 1 N–H and O–H groups in total. The Morgan fingerprint density at radius 3 is 2.14 bits per heavy atom. The molecule has 0 aliphatic carbocycles. The summed E-state index contributed by atoms with van der Waals surface area (Å²) in [7, 11) is -4.46. The van der Waals surface area contributed by atoms with Gasteiger partial charge in [0.05, 0.1) is 16.5 Å². The molecule has 224 valence electrons. The minimum atomic E-state index is -4.95. The zero-order valence-corrected chi connectivity index (χ0v) is 23.8. The van der Waals surface area contributed by atoms with Gasteiger partial charge in [0.25, 0.3) is 10.0 Å². The molecule has 0 amide bonds. The standard InChI is InChI=1S/C30H24ClF3N2O6S/c31-28(22-6-2-1-3-7-22)36(43(40,41)26-14-12-25(13-15-26)42-30(32,33)34)24-10-8-21(9-11-24)27(37)18-23(29(38)39)17-20-5-4-16-35-19-20/h1-16,19,23,28H,17-18H2,(H,38,39). The van der Waals surface area contributed by atoms with Crippen LogP contribution in [0.3, 0.4) is 0 Å². The molecular formula is C30H24ClF3N2O6S. The van der Waals surface area contributed by atoms with Gasteiger partial charge in [-0.05, 0) is 72.1 Å². The number of Topliss-reactive ketones (excluding diaryl/α,β-unsaturated/α-hetero) is 1. The average molecular weight is 633 g/mol. The van der Waals surface area contributed by atoms with Crippen LogP contribution >= 0.6 is 11.6 Å². The maximum Gasteiger partial charge on any atom is 0.573 e. The molecule has 4 rings (SSSR count). The largest absolute Gasteiger partial charge is 0.573 e. The van der Waals surface area contributed by atoms with Crippen molar-refractivity contribution >= 4 is 39.1 Å². The lowest BCUT2D eigenvalue weighted by molar-refractivity contribution is -0.274. The highest BCUT2D eigenvalue weighted by Gasteiger charge is 2.34. The number of aliphatic carboxylic acids is 1. The second-order valence-corrected chi connectivity index (χ2v) is 11.6. The molecule has 0 saturated heterocycles. The van der Waals surface area contributed by atoms with Gasteiger partial charge in [0.2, 0.25) is 0 Å². The minimum Gasteiger partial charge on any atom is -0.481 e. The number of nitrogens with zero attached hydrogens (tertiary/aromatic N) is 2. The Morgan fingerprint density at radius 1 is 0.930 bits per heavy atom. The molecule has 0 aliphatic rings. The topological polar surface area (TPSA) is 114 Å². The Morgan fingerprint density at radius 2 is 1.58 bits per heavy atom. The van der Waals surface area contributed by atoms with E-state index in [1.807, 2.05) is 0 Å². The second kappa shape index (κ2) is 13.3. The van der Waals surface area contributed by atoms with Gasteiger partial charge in [-0.3, -0.25) is 14.6 Å². The number of hydrogen-bond acceptors (Lipinski definition) is 6. The Balaban J connectivity index is 1.63. The van der Waals surface area contributed by atoms with E-state index < -0.39 is 45.3 Å². The third-order valence-corrected chi connectivity index (χ3v) is 8.69. The highest BCUT2D eigenvalue weighted by molar-refractivity contribution is 7.93. The molecule has 2 atom stereocenters. The fraction of sp³-hybridized carbons (Fsp3) is 0.167.